The van der Waals surface area contributed by atoms with Crippen LogP contribution in [0.2, 0.25) is 0 Å². The first-order valence-electron chi connectivity index (χ1n) is 7.17. The predicted octanol–water partition coefficient (Wildman–Crippen LogP) is 3.36. The van der Waals surface area contributed by atoms with Crippen molar-refractivity contribution in [2.24, 2.45) is 13.0 Å². The molecule has 0 bridgehead atoms. The van der Waals surface area contributed by atoms with Crippen molar-refractivity contribution in [2.75, 3.05) is 0 Å². The van der Waals surface area contributed by atoms with Gasteiger partial charge in [0.25, 0.3) is 0 Å². The van der Waals surface area contributed by atoms with Crippen molar-refractivity contribution in [2.45, 2.75) is 32.6 Å². The molecule has 0 aliphatic carbocycles. The lowest BCUT2D eigenvalue weighted by molar-refractivity contribution is -0.121. The van der Waals surface area contributed by atoms with E-state index in [0.29, 0.717) is 12.3 Å². The summed E-state index contributed by atoms with van der Waals surface area (Å²) >= 11 is 0. The van der Waals surface area contributed by atoms with Gasteiger partial charge in [-0.3, -0.25) is 4.79 Å². The molecule has 0 aliphatic heterocycles. The molecule has 0 amide bonds. The van der Waals surface area contributed by atoms with E-state index in [-0.39, 0.29) is 11.7 Å². The van der Waals surface area contributed by atoms with Crippen molar-refractivity contribution < 1.29 is 4.79 Å². The normalized spacial score (nSPS) is 13.9. The number of carbonyl (C=O) groups is 1. The van der Waals surface area contributed by atoms with Gasteiger partial charge >= 0.3 is 0 Å². The van der Waals surface area contributed by atoms with Crippen LogP contribution in [0.3, 0.4) is 0 Å². The minimum atomic E-state index is -0.0436. The summed E-state index contributed by atoms with van der Waals surface area (Å²) in [4.78, 5) is 17.0. The third-order valence-corrected chi connectivity index (χ3v) is 3.97. The summed E-state index contributed by atoms with van der Waals surface area (Å²) in [5.74, 6) is 1.38. The smallest absolute Gasteiger partial charge is 0.148 e. The number of aromatic nitrogens is 2. The Labute approximate surface area is 120 Å². The fourth-order valence-electron chi connectivity index (χ4n) is 2.56. The van der Waals surface area contributed by atoms with Crippen molar-refractivity contribution in [1.29, 1.82) is 0 Å². The highest BCUT2D eigenvalue weighted by molar-refractivity contribution is 5.87. The zero-order valence-corrected chi connectivity index (χ0v) is 12.4. The van der Waals surface area contributed by atoms with Gasteiger partial charge in [-0.1, -0.05) is 50.6 Å². The molecular weight excluding hydrogens is 248 g/mol. The van der Waals surface area contributed by atoms with Crippen LogP contribution in [0.15, 0.2) is 42.7 Å². The molecule has 0 saturated heterocycles. The van der Waals surface area contributed by atoms with E-state index >= 15 is 0 Å². The predicted molar refractivity (Wildman–Crippen MR) is 80.6 cm³/mol. The molecule has 2 rings (SSSR count). The van der Waals surface area contributed by atoms with Crippen LogP contribution in [-0.4, -0.2) is 15.3 Å². The molecule has 0 aliphatic rings. The van der Waals surface area contributed by atoms with Crippen molar-refractivity contribution in [3.05, 3.63) is 54.1 Å². The molecule has 1 aromatic carbocycles. The van der Waals surface area contributed by atoms with Gasteiger partial charge in [-0.15, -0.1) is 0 Å². The van der Waals surface area contributed by atoms with Crippen molar-refractivity contribution in [3.8, 4) is 0 Å². The number of hydrogen-bond acceptors (Lipinski definition) is 2. The summed E-state index contributed by atoms with van der Waals surface area (Å²) < 4.78 is 1.91. The Morgan fingerprint density at radius 2 is 2.00 bits per heavy atom. The molecule has 0 fully saturated rings. The van der Waals surface area contributed by atoms with Gasteiger partial charge in [-0.25, -0.2) is 4.98 Å². The Balaban J connectivity index is 2.23. The Kier molecular flexibility index (Phi) is 4.72. The van der Waals surface area contributed by atoms with Gasteiger partial charge in [0.1, 0.15) is 11.6 Å². The minimum Gasteiger partial charge on any atom is -0.338 e. The highest BCUT2D eigenvalue weighted by atomic mass is 16.1. The van der Waals surface area contributed by atoms with Crippen molar-refractivity contribution in [3.63, 3.8) is 0 Å². The standard InChI is InChI=1S/C17H22N2O/c1-4-13(2)17(14-8-6-5-7-9-14)15(20)12-16-18-10-11-19(16)3/h5-11,13,17H,4,12H2,1-3H3. The second-order valence-corrected chi connectivity index (χ2v) is 5.37. The third-order valence-electron chi connectivity index (χ3n) is 3.97. The number of imidazole rings is 1. The van der Waals surface area contributed by atoms with E-state index in [9.17, 15) is 4.79 Å². The Morgan fingerprint density at radius 1 is 1.30 bits per heavy atom. The van der Waals surface area contributed by atoms with E-state index in [4.69, 9.17) is 0 Å². The molecule has 0 radical (unpaired) electrons. The second kappa shape index (κ2) is 6.51. The average Bonchev–Trinajstić information content (AvgIpc) is 2.85. The van der Waals surface area contributed by atoms with Gasteiger partial charge in [0.15, 0.2) is 0 Å². The molecule has 3 heteroatoms. The van der Waals surface area contributed by atoms with Gasteiger partial charge < -0.3 is 4.57 Å². The molecule has 0 N–H and O–H groups in total. The largest absolute Gasteiger partial charge is 0.338 e. The van der Waals surface area contributed by atoms with Crippen LogP contribution < -0.4 is 0 Å². The molecule has 2 aromatic rings. The summed E-state index contributed by atoms with van der Waals surface area (Å²) in [6.07, 6.45) is 5.01. The van der Waals surface area contributed by atoms with E-state index in [0.717, 1.165) is 17.8 Å². The van der Waals surface area contributed by atoms with Gasteiger partial charge in [-0.05, 0) is 11.5 Å². The fraction of sp³-hybridized carbons (Fsp3) is 0.412. The molecule has 0 spiro atoms. The maximum atomic E-state index is 12.7. The number of aryl methyl sites for hydroxylation is 1. The second-order valence-electron chi connectivity index (χ2n) is 5.37. The van der Waals surface area contributed by atoms with Gasteiger partial charge in [0.05, 0.1) is 6.42 Å². The SMILES string of the molecule is CCC(C)C(C(=O)Cc1nccn1C)c1ccccc1. The summed E-state index contributed by atoms with van der Waals surface area (Å²) in [5.41, 5.74) is 1.11. The molecule has 20 heavy (non-hydrogen) atoms. The summed E-state index contributed by atoms with van der Waals surface area (Å²) in [6, 6.07) is 10.1. The third kappa shape index (κ3) is 3.16. The maximum Gasteiger partial charge on any atom is 0.148 e. The topological polar surface area (TPSA) is 34.9 Å². The van der Waals surface area contributed by atoms with Crippen molar-refractivity contribution in [1.82, 2.24) is 9.55 Å². The Bertz CT molecular complexity index is 559. The number of Topliss-reactive ketones (excluding diaryl/α,β-unsaturated/α-hetero) is 1. The monoisotopic (exact) mass is 270 g/mol. The minimum absolute atomic E-state index is 0.0436. The average molecular weight is 270 g/mol. The first kappa shape index (κ1) is 14.5. The molecule has 0 saturated carbocycles. The quantitative estimate of drug-likeness (QED) is 0.806. The fourth-order valence-corrected chi connectivity index (χ4v) is 2.56. The van der Waals surface area contributed by atoms with E-state index in [1.54, 1.807) is 6.20 Å². The number of nitrogens with zero attached hydrogens (tertiary/aromatic N) is 2. The van der Waals surface area contributed by atoms with E-state index in [1.807, 2.05) is 48.1 Å². The number of ketones is 1. The molecule has 1 heterocycles. The van der Waals surface area contributed by atoms with Crippen LogP contribution in [0.4, 0.5) is 0 Å². The van der Waals surface area contributed by atoms with E-state index < -0.39 is 0 Å². The van der Waals surface area contributed by atoms with Gasteiger partial charge in [-0.2, -0.15) is 0 Å². The lowest BCUT2D eigenvalue weighted by atomic mass is 9.81. The molecule has 2 atom stereocenters. The van der Waals surface area contributed by atoms with Crippen LogP contribution in [0.25, 0.3) is 0 Å². The Hall–Kier alpha value is -1.90. The zero-order chi connectivity index (χ0) is 14.5. The van der Waals surface area contributed by atoms with Crippen LogP contribution in [0, 0.1) is 5.92 Å². The summed E-state index contributed by atoms with van der Waals surface area (Å²) in [6.45, 7) is 4.28. The summed E-state index contributed by atoms with van der Waals surface area (Å²) in [7, 11) is 1.93. The van der Waals surface area contributed by atoms with Gasteiger partial charge in [0.2, 0.25) is 0 Å². The summed E-state index contributed by atoms with van der Waals surface area (Å²) in [5, 5.41) is 0. The molecule has 106 valence electrons. The van der Waals surface area contributed by atoms with Crippen LogP contribution in [-0.2, 0) is 18.3 Å². The first-order chi connectivity index (χ1) is 9.63. The molecule has 2 unspecified atom stereocenters. The molecule has 1 aromatic heterocycles. The number of carbonyl (C=O) groups excluding carboxylic acids is 1. The van der Waals surface area contributed by atoms with Crippen LogP contribution in [0.1, 0.15) is 37.6 Å². The highest BCUT2D eigenvalue weighted by Gasteiger charge is 2.26. The van der Waals surface area contributed by atoms with E-state index in [2.05, 4.69) is 18.8 Å². The van der Waals surface area contributed by atoms with Crippen molar-refractivity contribution >= 4 is 5.78 Å². The highest BCUT2D eigenvalue weighted by Crippen LogP contribution is 2.28. The number of rotatable bonds is 6. The lowest BCUT2D eigenvalue weighted by Crippen LogP contribution is -2.22. The zero-order valence-electron chi connectivity index (χ0n) is 12.4. The van der Waals surface area contributed by atoms with Gasteiger partial charge in [0, 0.05) is 25.4 Å². The van der Waals surface area contributed by atoms with Crippen LogP contribution in [0.5, 0.6) is 0 Å². The molecule has 3 nitrogen and oxygen atoms in total. The van der Waals surface area contributed by atoms with Crippen LogP contribution >= 0.6 is 0 Å². The Morgan fingerprint density at radius 3 is 2.55 bits per heavy atom. The lowest BCUT2D eigenvalue weighted by Gasteiger charge is -2.22. The number of benzene rings is 1. The van der Waals surface area contributed by atoms with E-state index in [1.165, 1.54) is 0 Å². The maximum absolute atomic E-state index is 12.7. The molecular formula is C17H22N2O. The first-order valence-corrected chi connectivity index (χ1v) is 7.17. The number of hydrogen-bond donors (Lipinski definition) is 0.